The molecule has 0 saturated heterocycles. The number of β-amino-alcohol motifs (C(OH)–C–C–N with tert-alkyl or cyclic N) is 1. The number of benzene rings is 2. The Kier molecular flexibility index (Phi) is 44.6. The molecule has 26 heteroatoms. The number of hydrogen-bond donors (Lipinski definition) is 1. The quantitative estimate of drug-likeness (QED) is 0.0366. The fourth-order valence-corrected chi connectivity index (χ4v) is 15.9. The molecule has 4 amide bonds. The van der Waals surface area contributed by atoms with Crippen molar-refractivity contribution in [1.82, 2.24) is 9.80 Å². The third-order valence-corrected chi connectivity index (χ3v) is 23.4. The summed E-state index contributed by atoms with van der Waals surface area (Å²) in [6, 6.07) is 12.3. The number of carbonyl (C=O) groups excluding carboxylic acids is 5. The first kappa shape index (κ1) is 82.8. The van der Waals surface area contributed by atoms with Crippen molar-refractivity contribution in [2.75, 3.05) is 95.4 Å². The molecule has 2 aromatic carbocycles. The zero-order valence-corrected chi connectivity index (χ0v) is 59.0. The van der Waals surface area contributed by atoms with Crippen molar-refractivity contribution in [2.24, 2.45) is 0 Å². The average molecular weight is 1350 g/mol. The van der Waals surface area contributed by atoms with Crippen molar-refractivity contribution in [2.45, 2.75) is 212 Å². The van der Waals surface area contributed by atoms with Gasteiger partial charge in [-0.25, -0.2) is 0 Å². The molecule has 0 bridgehead atoms. The fraction of sp³-hybridized carbons (Fsp3) is 0.734. The fourth-order valence-electron chi connectivity index (χ4n) is 10.2. The normalized spacial score (nSPS) is 14.6. The molecule has 2 aliphatic heterocycles. The molecule has 0 saturated carbocycles. The molecule has 22 nitrogen and oxygen atoms in total. The summed E-state index contributed by atoms with van der Waals surface area (Å²) in [6.07, 6.45) is 38.3. The molecule has 3 atom stereocenters. The molecule has 1 N–H and O–H groups in total. The molecule has 3 unspecified atom stereocenters. The predicted molar refractivity (Wildman–Crippen MR) is 349 cm³/mol. The maximum atomic E-state index is 13.9. The number of aliphatic hydroxyl groups is 1. The average Bonchev–Trinajstić information content (AvgIpc) is 1.22. The molecule has 0 aromatic heterocycles. The molecular weight excluding hydrogens is 1240 g/mol. The van der Waals surface area contributed by atoms with Gasteiger partial charge in [-0.2, -0.15) is 0 Å². The summed E-state index contributed by atoms with van der Waals surface area (Å²) in [5.74, 6) is -2.71. The van der Waals surface area contributed by atoms with E-state index in [0.717, 1.165) is 72.7 Å². The monoisotopic (exact) mass is 1350 g/mol. The number of ether oxygens (including phenoxy) is 2. The van der Waals surface area contributed by atoms with Gasteiger partial charge in [0.15, 0.2) is 0 Å². The lowest BCUT2D eigenvalue weighted by Gasteiger charge is -2.38. The van der Waals surface area contributed by atoms with E-state index >= 15 is 0 Å². The maximum Gasteiger partial charge on any atom is 0.697 e. The molecule has 514 valence electrons. The number of imide groups is 2. The summed E-state index contributed by atoms with van der Waals surface area (Å²) in [4.78, 5) is 63.3. The molecule has 4 rings (SSSR count). The zero-order chi connectivity index (χ0) is 66.5. The Morgan fingerprint density at radius 2 is 0.744 bits per heavy atom. The molecule has 0 fully saturated rings. The van der Waals surface area contributed by atoms with E-state index in [1.54, 1.807) is 24.3 Å². The second kappa shape index (κ2) is 48.4. The van der Waals surface area contributed by atoms with Gasteiger partial charge in [-0.1, -0.05) is 205 Å². The lowest BCUT2D eigenvalue weighted by molar-refractivity contribution is -0.114. The lowest BCUT2D eigenvalue weighted by Crippen LogP contribution is -2.46. The highest BCUT2D eigenvalue weighted by Gasteiger charge is 2.66. The van der Waals surface area contributed by atoms with E-state index < -0.39 is 78.4 Å². The molecular formula is C64H109N2O20P4+. The number of rotatable bonds is 53. The second-order valence-electron chi connectivity index (χ2n) is 22.3. The number of hydrogen-bond acceptors (Lipinski definition) is 20. The van der Waals surface area contributed by atoms with Gasteiger partial charge in [-0.3, -0.25) is 47.5 Å². The number of unbranched alkanes of at least 4 members (excludes halogenated alkanes) is 26. The van der Waals surface area contributed by atoms with Crippen molar-refractivity contribution in [1.29, 1.82) is 0 Å². The van der Waals surface area contributed by atoms with Gasteiger partial charge < -0.3 is 41.7 Å². The van der Waals surface area contributed by atoms with E-state index in [1.165, 1.54) is 192 Å². The summed E-state index contributed by atoms with van der Waals surface area (Å²) < 4.78 is 101. The van der Waals surface area contributed by atoms with Crippen LogP contribution in [0.3, 0.4) is 0 Å². The highest BCUT2D eigenvalue weighted by molar-refractivity contribution is 7.74. The van der Waals surface area contributed by atoms with Crippen molar-refractivity contribution in [3.05, 3.63) is 70.8 Å². The largest absolute Gasteiger partial charge is 0.697 e. The van der Waals surface area contributed by atoms with E-state index in [-0.39, 0.29) is 28.9 Å². The zero-order valence-electron chi connectivity index (χ0n) is 55.4. The molecule has 2 heterocycles. The van der Waals surface area contributed by atoms with Crippen LogP contribution in [0, 0.1) is 0 Å². The standard InChI is InChI=1S/C32H55NO10P2.C20H42O4P.C12H12NO6P/c1-5-6-7-8-9-10-11-12-13-14-15-16-17-20-24-42-25-21-26-43-45(38,41-4)32(36,44(37,39-2)40-3)27-33-30(34)28-22-18-19-23-29(28)31(33)35;1-3-4-5-6-7-8-9-10-11-12-13-14-15-16-18-23-19-17-20-24-25(21)22-2;1-18-20(17,19-2)10(14)7-13-11(15)8-5-3-4-6-9(8)12(13)16/h18-19,22-23,36H,5-17,20-21,24-27H2,1-4H3;3-20H2,1-2H3;3-6H,7H2,1-2H3/q;+1;. The van der Waals surface area contributed by atoms with E-state index in [1.807, 2.05) is 0 Å². The topological polar surface area (TPSA) is 273 Å². The first-order valence-electron chi connectivity index (χ1n) is 32.6. The molecule has 0 spiro atoms. The van der Waals surface area contributed by atoms with Crippen molar-refractivity contribution >= 4 is 60.2 Å². The number of fused-ring (bicyclic) bond motifs is 2. The minimum absolute atomic E-state index is 0.0960. The maximum absolute atomic E-state index is 13.9. The first-order chi connectivity index (χ1) is 43.4. The van der Waals surface area contributed by atoms with Crippen LogP contribution in [-0.4, -0.2) is 145 Å². The van der Waals surface area contributed by atoms with Crippen LogP contribution >= 0.6 is 31.0 Å². The number of nitrogens with zero attached hydrogens (tertiary/aromatic N) is 2. The van der Waals surface area contributed by atoms with Gasteiger partial charge >= 0.3 is 31.0 Å². The van der Waals surface area contributed by atoms with Crippen molar-refractivity contribution < 1.29 is 93.0 Å². The summed E-state index contributed by atoms with van der Waals surface area (Å²) in [6.45, 7) is 5.53. The Balaban J connectivity index is 0.000000513. The van der Waals surface area contributed by atoms with E-state index in [9.17, 15) is 47.3 Å². The van der Waals surface area contributed by atoms with Gasteiger partial charge in [0.05, 0.1) is 42.5 Å². The summed E-state index contributed by atoms with van der Waals surface area (Å²) in [7, 11) is -8.80. The van der Waals surface area contributed by atoms with Gasteiger partial charge in [0.25, 0.3) is 34.2 Å². The van der Waals surface area contributed by atoms with Crippen LogP contribution in [0.4, 0.5) is 0 Å². The van der Waals surface area contributed by atoms with E-state index in [4.69, 9.17) is 32.1 Å². The Morgan fingerprint density at radius 1 is 0.433 bits per heavy atom. The van der Waals surface area contributed by atoms with Crippen molar-refractivity contribution in [3.8, 4) is 0 Å². The highest BCUT2D eigenvalue weighted by atomic mass is 31.2. The van der Waals surface area contributed by atoms with Crippen LogP contribution in [0.2, 0.25) is 0 Å². The van der Waals surface area contributed by atoms with E-state index in [2.05, 4.69) is 27.4 Å². The molecule has 0 aliphatic carbocycles. The third kappa shape index (κ3) is 28.8. The summed E-state index contributed by atoms with van der Waals surface area (Å²) in [5, 5.41) is 8.67. The van der Waals surface area contributed by atoms with Gasteiger partial charge in [0.1, 0.15) is 13.2 Å². The van der Waals surface area contributed by atoms with Crippen LogP contribution in [-0.2, 0) is 68.7 Å². The molecule has 2 aliphatic rings. The number of amides is 4. The third-order valence-electron chi connectivity index (χ3n) is 15.6. The van der Waals surface area contributed by atoms with Crippen LogP contribution in [0.25, 0.3) is 0 Å². The Bertz CT molecular complexity index is 2450. The molecule has 2 aromatic rings. The van der Waals surface area contributed by atoms with Crippen LogP contribution in [0.1, 0.15) is 248 Å². The first-order valence-corrected chi connectivity index (χ1v) is 38.3. The van der Waals surface area contributed by atoms with Gasteiger partial charge in [-0.05, 0) is 49.9 Å². The molecule has 90 heavy (non-hydrogen) atoms. The second-order valence-corrected chi connectivity index (χ2v) is 30.7. The van der Waals surface area contributed by atoms with Crippen LogP contribution in [0.15, 0.2) is 48.5 Å². The van der Waals surface area contributed by atoms with Gasteiger partial charge in [0, 0.05) is 66.5 Å². The van der Waals surface area contributed by atoms with Gasteiger partial charge in [0.2, 0.25) is 0 Å². The SMILES string of the molecule is CCCCCCCCCCCCCCCCOCCCOP(=O)(OC)C(O)(CN1C(=O)c2ccccc2C1=O)P(=O)(OC)OC.CCCCCCCCCCCCCCCCOCCCO[P+](=O)OC.COP(=O)(OC)C(=O)CN1C(=O)c2ccccc2C1=O. The highest BCUT2D eigenvalue weighted by Crippen LogP contribution is 2.76. The predicted octanol–water partition coefficient (Wildman–Crippen LogP) is 16.6. The lowest BCUT2D eigenvalue weighted by atomic mass is 10.0. The minimum Gasteiger partial charge on any atom is -0.381 e. The van der Waals surface area contributed by atoms with Gasteiger partial charge in [-0.15, -0.1) is 9.05 Å². The van der Waals surface area contributed by atoms with Crippen LogP contribution in [0.5, 0.6) is 0 Å². The van der Waals surface area contributed by atoms with Crippen molar-refractivity contribution in [3.63, 3.8) is 0 Å². The summed E-state index contributed by atoms with van der Waals surface area (Å²) >= 11 is 0. The summed E-state index contributed by atoms with van der Waals surface area (Å²) in [5.41, 5.74) is -0.320. The van der Waals surface area contributed by atoms with Crippen LogP contribution < -0.4 is 0 Å². The Morgan fingerprint density at radius 3 is 1.07 bits per heavy atom. The smallest absolute Gasteiger partial charge is 0.381 e. The Labute approximate surface area is 538 Å². The minimum atomic E-state index is -4.73. The number of carbonyl (C=O) groups is 5. The Hall–Kier alpha value is -3.26. The van der Waals surface area contributed by atoms with E-state index in [0.29, 0.717) is 37.7 Å². The molecule has 0 radical (unpaired) electrons.